The highest BCUT2D eigenvalue weighted by molar-refractivity contribution is 8.15. The van der Waals surface area contributed by atoms with Gasteiger partial charge in [0, 0.05) is 18.4 Å². The molecule has 0 bridgehead atoms. The minimum atomic E-state index is -1.01. The highest BCUT2D eigenvalue weighted by Gasteiger charge is 2.50. The first-order valence-corrected chi connectivity index (χ1v) is 11.8. The number of anilines is 2. The molecule has 1 fully saturated rings. The summed E-state index contributed by atoms with van der Waals surface area (Å²) < 4.78 is 5.81. The van der Waals surface area contributed by atoms with Crippen LogP contribution in [0.3, 0.4) is 0 Å². The molecule has 1 aromatic heterocycles. The molecule has 0 spiro atoms. The number of nitrogens with zero attached hydrogens (tertiary/aromatic N) is 4. The smallest absolute Gasteiger partial charge is 0.293 e. The van der Waals surface area contributed by atoms with Gasteiger partial charge < -0.3 is 9.64 Å². The summed E-state index contributed by atoms with van der Waals surface area (Å²) in [6.45, 7) is 2.21. The van der Waals surface area contributed by atoms with E-state index in [4.69, 9.17) is 4.74 Å². The van der Waals surface area contributed by atoms with Gasteiger partial charge in [0.2, 0.25) is 0 Å². The Labute approximate surface area is 201 Å². The van der Waals surface area contributed by atoms with Crippen LogP contribution in [-0.4, -0.2) is 50.5 Å². The number of benzene rings is 2. The molecule has 9 heteroatoms. The Hall–Kier alpha value is -3.69. The second kappa shape index (κ2) is 9.28. The third-order valence-electron chi connectivity index (χ3n) is 5.69. The van der Waals surface area contributed by atoms with E-state index < -0.39 is 22.7 Å². The maximum Gasteiger partial charge on any atom is 0.293 e. The van der Waals surface area contributed by atoms with Gasteiger partial charge in [0.05, 0.1) is 11.3 Å². The quantitative estimate of drug-likeness (QED) is 0.524. The molecule has 34 heavy (non-hydrogen) atoms. The first-order valence-electron chi connectivity index (χ1n) is 10.9. The lowest BCUT2D eigenvalue weighted by atomic mass is 10.1. The van der Waals surface area contributed by atoms with E-state index in [1.165, 1.54) is 4.90 Å². The fourth-order valence-corrected chi connectivity index (χ4v) is 5.14. The van der Waals surface area contributed by atoms with E-state index in [1.54, 1.807) is 25.3 Å². The number of para-hydroxylation sites is 1. The number of carbonyl (C=O) groups is 3. The number of thioether (sulfide) groups is 1. The van der Waals surface area contributed by atoms with Crippen LogP contribution in [0.1, 0.15) is 29.1 Å². The fraction of sp³-hybridized carbons (Fsp3) is 0.200. The van der Waals surface area contributed by atoms with E-state index in [2.05, 4.69) is 4.98 Å². The van der Waals surface area contributed by atoms with Gasteiger partial charge in [-0.1, -0.05) is 48.5 Å². The number of carbonyl (C=O) groups excluding carboxylic acids is 3. The molecule has 2 atom stereocenters. The van der Waals surface area contributed by atoms with Crippen molar-refractivity contribution in [2.75, 3.05) is 18.2 Å². The van der Waals surface area contributed by atoms with Gasteiger partial charge in [-0.05, 0) is 43.0 Å². The third kappa shape index (κ3) is 3.82. The summed E-state index contributed by atoms with van der Waals surface area (Å²) in [7, 11) is 0. The van der Waals surface area contributed by atoms with Crippen molar-refractivity contribution < 1.29 is 19.1 Å². The Morgan fingerprint density at radius 2 is 1.74 bits per heavy atom. The minimum absolute atomic E-state index is 0.0853. The molecule has 0 saturated carbocycles. The Morgan fingerprint density at radius 3 is 2.47 bits per heavy atom. The van der Waals surface area contributed by atoms with E-state index in [-0.39, 0.29) is 12.6 Å². The summed E-state index contributed by atoms with van der Waals surface area (Å²) in [6, 6.07) is 21.8. The van der Waals surface area contributed by atoms with Crippen molar-refractivity contribution in [1.29, 1.82) is 0 Å². The zero-order valence-corrected chi connectivity index (χ0v) is 19.2. The number of amides is 3. The number of hydrogen-bond donors (Lipinski definition) is 0. The maximum absolute atomic E-state index is 13.6. The van der Waals surface area contributed by atoms with Crippen LogP contribution in [0.5, 0.6) is 0 Å². The van der Waals surface area contributed by atoms with Crippen LogP contribution in [0.2, 0.25) is 0 Å². The largest absolute Gasteiger partial charge is 0.354 e. The van der Waals surface area contributed by atoms with Gasteiger partial charge in [-0.2, -0.15) is 0 Å². The lowest BCUT2D eigenvalue weighted by molar-refractivity contribution is -0.140. The number of pyridine rings is 1. The Kier molecular flexibility index (Phi) is 6.04. The Balaban J connectivity index is 1.50. The van der Waals surface area contributed by atoms with Gasteiger partial charge in [-0.3, -0.25) is 19.3 Å². The molecule has 2 aliphatic rings. The Bertz CT molecular complexity index is 1220. The van der Waals surface area contributed by atoms with Gasteiger partial charge in [0.25, 0.3) is 17.1 Å². The van der Waals surface area contributed by atoms with Crippen molar-refractivity contribution in [3.63, 3.8) is 0 Å². The molecule has 0 N–H and O–H groups in total. The van der Waals surface area contributed by atoms with Crippen LogP contribution in [-0.2, 0) is 9.53 Å². The summed E-state index contributed by atoms with van der Waals surface area (Å²) in [5.74, 6) is -0.149. The summed E-state index contributed by atoms with van der Waals surface area (Å²) in [5, 5.41) is -1.46. The van der Waals surface area contributed by atoms with Gasteiger partial charge in [0.15, 0.2) is 11.6 Å². The maximum atomic E-state index is 13.6. The number of ether oxygens (including phenoxy) is 1. The first-order chi connectivity index (χ1) is 16.6. The highest BCUT2D eigenvalue weighted by Crippen LogP contribution is 2.40. The number of hydrogen-bond acceptors (Lipinski definition) is 7. The minimum Gasteiger partial charge on any atom is -0.354 e. The molecule has 3 amide bonds. The fourth-order valence-electron chi connectivity index (χ4n) is 4.14. The first kappa shape index (κ1) is 22.1. The molecule has 1 saturated heterocycles. The van der Waals surface area contributed by atoms with Crippen LogP contribution >= 0.6 is 11.8 Å². The van der Waals surface area contributed by atoms with Crippen molar-refractivity contribution in [2.45, 2.75) is 18.5 Å². The lowest BCUT2D eigenvalue weighted by Crippen LogP contribution is -2.52. The number of rotatable bonds is 6. The molecule has 2 aliphatic heterocycles. The van der Waals surface area contributed by atoms with Crippen molar-refractivity contribution in [3.8, 4) is 0 Å². The highest BCUT2D eigenvalue weighted by atomic mass is 32.2. The topological polar surface area (TPSA) is 83.1 Å². The van der Waals surface area contributed by atoms with Crippen molar-refractivity contribution in [2.24, 2.45) is 0 Å². The van der Waals surface area contributed by atoms with Crippen LogP contribution < -0.4 is 4.90 Å². The summed E-state index contributed by atoms with van der Waals surface area (Å²) >= 11 is 0.828. The van der Waals surface area contributed by atoms with E-state index >= 15 is 0 Å². The van der Waals surface area contributed by atoms with Crippen LogP contribution in [0.15, 0.2) is 79.0 Å². The van der Waals surface area contributed by atoms with Crippen molar-refractivity contribution >= 4 is 40.3 Å². The average molecular weight is 475 g/mol. The average Bonchev–Trinajstić information content (AvgIpc) is 3.17. The van der Waals surface area contributed by atoms with Crippen molar-refractivity contribution in [1.82, 2.24) is 14.8 Å². The molecular weight excluding hydrogens is 452 g/mol. The molecule has 3 aromatic rings. The Morgan fingerprint density at radius 1 is 1.00 bits per heavy atom. The predicted molar refractivity (Wildman–Crippen MR) is 128 cm³/mol. The molecule has 8 nitrogen and oxygen atoms in total. The van der Waals surface area contributed by atoms with Gasteiger partial charge >= 0.3 is 0 Å². The summed E-state index contributed by atoms with van der Waals surface area (Å²) in [4.78, 5) is 48.9. The number of imide groups is 1. The monoisotopic (exact) mass is 474 g/mol. The van der Waals surface area contributed by atoms with Crippen LogP contribution in [0.4, 0.5) is 16.3 Å². The molecule has 3 heterocycles. The van der Waals surface area contributed by atoms with Gasteiger partial charge in [-0.25, -0.2) is 9.88 Å². The number of aromatic nitrogens is 1. The molecule has 0 radical (unpaired) electrons. The predicted octanol–water partition coefficient (Wildman–Crippen LogP) is 4.39. The lowest BCUT2D eigenvalue weighted by Gasteiger charge is -2.39. The zero-order chi connectivity index (χ0) is 23.7. The van der Waals surface area contributed by atoms with E-state index in [0.717, 1.165) is 16.7 Å². The third-order valence-corrected chi connectivity index (χ3v) is 6.77. The van der Waals surface area contributed by atoms with E-state index in [0.29, 0.717) is 29.2 Å². The normalized spacial score (nSPS) is 18.9. The summed E-state index contributed by atoms with van der Waals surface area (Å²) in [6.07, 6.45) is 0.814. The second-order valence-corrected chi connectivity index (χ2v) is 8.74. The number of fused-ring (bicyclic) bond motifs is 1. The molecule has 2 unspecified atom stereocenters. The molecule has 5 rings (SSSR count). The van der Waals surface area contributed by atoms with Crippen LogP contribution in [0.25, 0.3) is 0 Å². The standard InChI is InChI=1S/C25H22N4O4S/c1-2-33-23(17-10-4-3-5-11-17)29-22(31)24(34-25(29)32)28-16-27(20-14-8-9-15-26-20)19-13-7-6-12-18(19)21(28)30/h3-15,23-24H,2,16H2,1H3. The zero-order valence-electron chi connectivity index (χ0n) is 18.4. The SMILES string of the molecule is CCOC(c1ccccc1)N1C(=O)SC(N2CN(c3ccccn3)c3ccccc3C2=O)C1=O. The summed E-state index contributed by atoms with van der Waals surface area (Å²) in [5.41, 5.74) is 1.85. The van der Waals surface area contributed by atoms with E-state index in [9.17, 15) is 14.4 Å². The molecule has 0 aliphatic carbocycles. The second-order valence-electron chi connectivity index (χ2n) is 7.71. The molecule has 2 aromatic carbocycles. The van der Waals surface area contributed by atoms with Crippen LogP contribution in [0, 0.1) is 0 Å². The van der Waals surface area contributed by atoms with Crippen molar-refractivity contribution in [3.05, 3.63) is 90.1 Å². The van der Waals surface area contributed by atoms with E-state index in [1.807, 2.05) is 65.6 Å². The molecular formula is C25H22N4O4S. The molecule has 172 valence electrons. The van der Waals surface area contributed by atoms with Gasteiger partial charge in [-0.15, -0.1) is 0 Å². The van der Waals surface area contributed by atoms with Gasteiger partial charge in [0.1, 0.15) is 12.5 Å².